The molecule has 1 aliphatic rings. The number of carbonyl (C=O) groups excluding carboxylic acids is 2. The van der Waals surface area contributed by atoms with Crippen molar-refractivity contribution in [3.05, 3.63) is 58.4 Å². The van der Waals surface area contributed by atoms with Gasteiger partial charge in [0.15, 0.2) is 0 Å². The lowest BCUT2D eigenvalue weighted by Gasteiger charge is -2.17. The number of carbonyl (C=O) groups is 2. The molecular weight excluding hydrogens is 307 g/mol. The number of hydrogen-bond acceptors (Lipinski definition) is 2. The molecule has 0 bridgehead atoms. The molecule has 0 unspecified atom stereocenters. The highest BCUT2D eigenvalue weighted by atomic mass is 35.5. The molecule has 2 aromatic rings. The van der Waals surface area contributed by atoms with Gasteiger partial charge in [0.05, 0.1) is 10.6 Å². The van der Waals surface area contributed by atoms with Crippen LogP contribution < -0.4 is 10.6 Å². The minimum Gasteiger partial charge on any atom is -0.326 e. The average Bonchev–Trinajstić information content (AvgIpc) is 2.47. The van der Waals surface area contributed by atoms with Crippen LogP contribution in [0, 0.1) is 5.82 Å². The highest BCUT2D eigenvalue weighted by Gasteiger charge is 2.16. The van der Waals surface area contributed by atoms with Crippen LogP contribution in [0.5, 0.6) is 0 Å². The van der Waals surface area contributed by atoms with Gasteiger partial charge in [-0.05, 0) is 48.4 Å². The molecule has 1 aliphatic heterocycles. The van der Waals surface area contributed by atoms with Crippen molar-refractivity contribution < 1.29 is 14.0 Å². The van der Waals surface area contributed by atoms with Crippen LogP contribution in [0.4, 0.5) is 15.8 Å². The summed E-state index contributed by atoms with van der Waals surface area (Å²) in [5.74, 6) is -0.918. The SMILES string of the molecule is O=C1CCc2cc(NC(=O)c3ccc(F)cc3Cl)ccc2N1. The van der Waals surface area contributed by atoms with E-state index in [1.807, 2.05) is 6.07 Å². The molecule has 0 atom stereocenters. The molecule has 2 aromatic carbocycles. The fourth-order valence-corrected chi connectivity index (χ4v) is 2.59. The summed E-state index contributed by atoms with van der Waals surface area (Å²) in [5.41, 5.74) is 2.52. The van der Waals surface area contributed by atoms with Gasteiger partial charge in [-0.2, -0.15) is 0 Å². The molecule has 6 heteroatoms. The van der Waals surface area contributed by atoms with Crippen LogP contribution in [-0.4, -0.2) is 11.8 Å². The Morgan fingerprint density at radius 3 is 2.77 bits per heavy atom. The first-order chi connectivity index (χ1) is 10.5. The number of hydrogen-bond donors (Lipinski definition) is 2. The number of aryl methyl sites for hydroxylation is 1. The van der Waals surface area contributed by atoms with Crippen molar-refractivity contribution >= 4 is 34.8 Å². The molecule has 2 N–H and O–H groups in total. The number of halogens is 2. The highest BCUT2D eigenvalue weighted by molar-refractivity contribution is 6.34. The fraction of sp³-hybridized carbons (Fsp3) is 0.125. The lowest BCUT2D eigenvalue weighted by molar-refractivity contribution is -0.116. The first kappa shape index (κ1) is 14.5. The largest absolute Gasteiger partial charge is 0.326 e. The smallest absolute Gasteiger partial charge is 0.257 e. The third kappa shape index (κ3) is 2.94. The Bertz CT molecular complexity index is 777. The summed E-state index contributed by atoms with van der Waals surface area (Å²) >= 11 is 5.87. The van der Waals surface area contributed by atoms with Gasteiger partial charge >= 0.3 is 0 Å². The van der Waals surface area contributed by atoms with Gasteiger partial charge in [0.2, 0.25) is 5.91 Å². The van der Waals surface area contributed by atoms with Gasteiger partial charge in [-0.3, -0.25) is 9.59 Å². The van der Waals surface area contributed by atoms with Gasteiger partial charge in [-0.15, -0.1) is 0 Å². The molecule has 0 radical (unpaired) electrons. The molecule has 1 heterocycles. The van der Waals surface area contributed by atoms with E-state index in [9.17, 15) is 14.0 Å². The molecule has 3 rings (SSSR count). The molecule has 0 aliphatic carbocycles. The van der Waals surface area contributed by atoms with Crippen LogP contribution in [0.3, 0.4) is 0 Å². The second kappa shape index (κ2) is 5.77. The molecule has 2 amide bonds. The normalized spacial score (nSPS) is 13.3. The first-order valence-corrected chi connectivity index (χ1v) is 7.10. The van der Waals surface area contributed by atoms with Gasteiger partial charge in [0.1, 0.15) is 5.82 Å². The maximum atomic E-state index is 13.0. The van der Waals surface area contributed by atoms with Crippen LogP contribution in [-0.2, 0) is 11.2 Å². The predicted octanol–water partition coefficient (Wildman–Crippen LogP) is 3.62. The summed E-state index contributed by atoms with van der Waals surface area (Å²) in [6.07, 6.45) is 1.05. The number of nitrogens with one attached hydrogen (secondary N) is 2. The first-order valence-electron chi connectivity index (χ1n) is 6.72. The summed E-state index contributed by atoms with van der Waals surface area (Å²) in [6, 6.07) is 8.87. The standard InChI is InChI=1S/C16H12ClFN2O2/c17-13-8-10(18)2-4-12(13)16(22)19-11-3-5-14-9(7-11)1-6-15(21)20-14/h2-5,7-8H,1,6H2,(H,19,22)(H,20,21). The van der Waals surface area contributed by atoms with E-state index < -0.39 is 11.7 Å². The third-order valence-corrected chi connectivity index (χ3v) is 3.75. The van der Waals surface area contributed by atoms with Crippen LogP contribution in [0.15, 0.2) is 36.4 Å². The minimum atomic E-state index is -0.494. The van der Waals surface area contributed by atoms with Crippen LogP contribution in [0.25, 0.3) is 0 Å². The zero-order valence-corrected chi connectivity index (χ0v) is 12.2. The van der Waals surface area contributed by atoms with E-state index in [1.54, 1.807) is 12.1 Å². The monoisotopic (exact) mass is 318 g/mol. The molecule has 0 fully saturated rings. The van der Waals surface area contributed by atoms with Gasteiger partial charge in [0, 0.05) is 17.8 Å². The molecule has 4 nitrogen and oxygen atoms in total. The van der Waals surface area contributed by atoms with E-state index in [2.05, 4.69) is 10.6 Å². The van der Waals surface area contributed by atoms with Crippen molar-refractivity contribution in [3.63, 3.8) is 0 Å². The Balaban J connectivity index is 1.81. The number of fused-ring (bicyclic) bond motifs is 1. The van der Waals surface area contributed by atoms with Crippen molar-refractivity contribution in [1.29, 1.82) is 0 Å². The van der Waals surface area contributed by atoms with Gasteiger partial charge in [-0.25, -0.2) is 4.39 Å². The second-order valence-corrected chi connectivity index (χ2v) is 5.41. The molecular formula is C16H12ClFN2O2. The van der Waals surface area contributed by atoms with Crippen molar-refractivity contribution in [2.75, 3.05) is 10.6 Å². The topological polar surface area (TPSA) is 58.2 Å². The fourth-order valence-electron chi connectivity index (χ4n) is 2.33. The molecule has 0 saturated heterocycles. The van der Waals surface area contributed by atoms with E-state index >= 15 is 0 Å². The summed E-state index contributed by atoms with van der Waals surface area (Å²) in [7, 11) is 0. The Morgan fingerprint density at radius 1 is 1.18 bits per heavy atom. The average molecular weight is 319 g/mol. The van der Waals surface area contributed by atoms with Crippen LogP contribution >= 0.6 is 11.6 Å². The van der Waals surface area contributed by atoms with E-state index in [0.717, 1.165) is 17.3 Å². The highest BCUT2D eigenvalue weighted by Crippen LogP contribution is 2.26. The van der Waals surface area contributed by atoms with Crippen molar-refractivity contribution in [2.24, 2.45) is 0 Å². The Labute approximate surface area is 131 Å². The summed E-state index contributed by atoms with van der Waals surface area (Å²) in [5, 5.41) is 5.55. The quantitative estimate of drug-likeness (QED) is 0.888. The lowest BCUT2D eigenvalue weighted by atomic mass is 10.0. The predicted molar refractivity (Wildman–Crippen MR) is 82.8 cm³/mol. The number of rotatable bonds is 2. The number of benzene rings is 2. The van der Waals surface area contributed by atoms with E-state index in [0.29, 0.717) is 18.5 Å². The van der Waals surface area contributed by atoms with Crippen molar-refractivity contribution in [3.8, 4) is 0 Å². The molecule has 0 spiro atoms. The summed E-state index contributed by atoms with van der Waals surface area (Å²) < 4.78 is 13.0. The minimum absolute atomic E-state index is 0.0117. The zero-order chi connectivity index (χ0) is 15.7. The zero-order valence-electron chi connectivity index (χ0n) is 11.5. The molecule has 0 aromatic heterocycles. The van der Waals surface area contributed by atoms with Gasteiger partial charge < -0.3 is 10.6 Å². The summed E-state index contributed by atoms with van der Waals surface area (Å²) in [4.78, 5) is 23.5. The molecule has 112 valence electrons. The lowest BCUT2D eigenvalue weighted by Crippen LogP contribution is -2.19. The maximum absolute atomic E-state index is 13.0. The van der Waals surface area contributed by atoms with E-state index in [-0.39, 0.29) is 16.5 Å². The number of anilines is 2. The summed E-state index contributed by atoms with van der Waals surface area (Å²) in [6.45, 7) is 0. The van der Waals surface area contributed by atoms with E-state index in [1.165, 1.54) is 12.1 Å². The molecule has 0 saturated carbocycles. The van der Waals surface area contributed by atoms with Crippen molar-refractivity contribution in [1.82, 2.24) is 0 Å². The maximum Gasteiger partial charge on any atom is 0.257 e. The Morgan fingerprint density at radius 2 is 2.00 bits per heavy atom. The second-order valence-electron chi connectivity index (χ2n) is 5.00. The van der Waals surface area contributed by atoms with Gasteiger partial charge in [-0.1, -0.05) is 11.6 Å². The van der Waals surface area contributed by atoms with Gasteiger partial charge in [0.25, 0.3) is 5.91 Å². The van der Waals surface area contributed by atoms with E-state index in [4.69, 9.17) is 11.6 Å². The Hall–Kier alpha value is -2.40. The number of amides is 2. The third-order valence-electron chi connectivity index (χ3n) is 3.43. The van der Waals surface area contributed by atoms with Crippen LogP contribution in [0.1, 0.15) is 22.3 Å². The molecule has 22 heavy (non-hydrogen) atoms. The van der Waals surface area contributed by atoms with Crippen molar-refractivity contribution in [2.45, 2.75) is 12.8 Å². The Kier molecular flexibility index (Phi) is 3.81. The van der Waals surface area contributed by atoms with Crippen LogP contribution in [0.2, 0.25) is 5.02 Å².